The van der Waals surface area contributed by atoms with E-state index in [1.54, 1.807) is 0 Å². The van der Waals surface area contributed by atoms with Gasteiger partial charge in [-0.25, -0.2) is 0 Å². The molecule has 0 aromatic heterocycles. The fourth-order valence-electron chi connectivity index (χ4n) is 1.19. The van der Waals surface area contributed by atoms with Crippen molar-refractivity contribution >= 4 is 0 Å². The molecule has 0 bridgehead atoms. The summed E-state index contributed by atoms with van der Waals surface area (Å²) >= 11 is 0. The molecule has 2 aliphatic carbocycles. The molecule has 0 spiro atoms. The smallest absolute Gasteiger partial charge is 0.00469 e. The zero-order chi connectivity index (χ0) is 8.23. The van der Waals surface area contributed by atoms with Crippen molar-refractivity contribution in [3.63, 3.8) is 0 Å². The molecule has 0 nitrogen and oxygen atoms in total. The zero-order valence-electron chi connectivity index (χ0n) is 6.77. The van der Waals surface area contributed by atoms with Crippen LogP contribution in [-0.4, -0.2) is 0 Å². The van der Waals surface area contributed by atoms with E-state index in [9.17, 15) is 0 Å². The lowest BCUT2D eigenvalue weighted by Gasteiger charge is -2.01. The van der Waals surface area contributed by atoms with Crippen molar-refractivity contribution < 1.29 is 0 Å². The van der Waals surface area contributed by atoms with Gasteiger partial charge in [0.1, 0.15) is 0 Å². The van der Waals surface area contributed by atoms with E-state index in [2.05, 4.69) is 37.8 Å². The van der Waals surface area contributed by atoms with Crippen molar-refractivity contribution in [3.05, 3.63) is 75.4 Å². The minimum atomic E-state index is 1.26. The Morgan fingerprint density at radius 2 is 0.917 bits per heavy atom. The summed E-state index contributed by atoms with van der Waals surface area (Å²) in [5.74, 6) is 2.52. The van der Waals surface area contributed by atoms with Gasteiger partial charge in [-0.1, -0.05) is 12.2 Å². The Balaban J connectivity index is 1.75. The van der Waals surface area contributed by atoms with E-state index in [1.807, 2.05) is 25.7 Å². The van der Waals surface area contributed by atoms with Gasteiger partial charge in [0, 0.05) is 11.8 Å². The molecule has 2 rings (SSSR count). The highest BCUT2D eigenvalue weighted by Gasteiger charge is 2.16. The first kappa shape index (κ1) is 8.34. The minimum absolute atomic E-state index is 1.26. The van der Waals surface area contributed by atoms with Crippen LogP contribution in [0.5, 0.6) is 0 Å². The second-order valence-corrected chi connectivity index (χ2v) is 2.77. The molecule has 0 heteroatoms. The van der Waals surface area contributed by atoms with Crippen LogP contribution in [0.3, 0.4) is 0 Å². The second kappa shape index (κ2) is 4.11. The highest BCUT2D eigenvalue weighted by Crippen LogP contribution is 2.28. The van der Waals surface area contributed by atoms with Gasteiger partial charge in [0.2, 0.25) is 0 Å². The fourth-order valence-corrected chi connectivity index (χ4v) is 1.19. The summed E-state index contributed by atoms with van der Waals surface area (Å²) in [5.41, 5.74) is 0. The topological polar surface area (TPSA) is 0 Å². The lowest BCUT2D eigenvalue weighted by Crippen LogP contribution is -1.89. The molecule has 0 atom stereocenters. The van der Waals surface area contributed by atoms with Crippen LogP contribution in [0, 0.1) is 63.2 Å². The average molecular weight is 154 g/mol. The molecule has 0 heterocycles. The molecule has 2 fully saturated rings. The van der Waals surface area contributed by atoms with Gasteiger partial charge >= 0.3 is 0 Å². The van der Waals surface area contributed by atoms with Gasteiger partial charge in [0.05, 0.1) is 0 Å². The summed E-state index contributed by atoms with van der Waals surface area (Å²) in [7, 11) is 0. The van der Waals surface area contributed by atoms with Gasteiger partial charge in [-0.3, -0.25) is 0 Å². The van der Waals surface area contributed by atoms with Gasteiger partial charge in [-0.15, -0.1) is 0 Å². The van der Waals surface area contributed by atoms with E-state index in [1.165, 1.54) is 11.8 Å². The summed E-state index contributed by atoms with van der Waals surface area (Å²) in [5, 5.41) is 0. The third-order valence-corrected chi connectivity index (χ3v) is 1.85. The molecule has 12 heavy (non-hydrogen) atoms. The Hall–Kier alpha value is -0.260. The predicted molar refractivity (Wildman–Crippen MR) is 50.0 cm³/mol. The standard InChI is InChI=1S/C12H10/c1-2-6-11(5-1)9-10-12-7-3-4-8-12/h1-10H/b10-9+. The number of hydrogen-bond donors (Lipinski definition) is 0. The average Bonchev–Trinajstić information content (AvgIpc) is 2.74. The number of allylic oxidation sites excluding steroid dienone is 2. The molecule has 0 saturated heterocycles. The lowest BCUT2D eigenvalue weighted by molar-refractivity contribution is 1.31. The Kier molecular flexibility index (Phi) is 2.86. The van der Waals surface area contributed by atoms with Crippen LogP contribution >= 0.6 is 0 Å². The normalized spacial score (nSPS) is 27.7. The maximum absolute atomic E-state index is 2.12. The first-order chi connectivity index (χ1) is 5.95. The van der Waals surface area contributed by atoms with E-state index < -0.39 is 0 Å². The number of hydrogen-bond acceptors (Lipinski definition) is 0. The first-order valence-electron chi connectivity index (χ1n) is 4.07. The first-order valence-corrected chi connectivity index (χ1v) is 4.07. The molecule has 58 valence electrons. The van der Waals surface area contributed by atoms with Crippen molar-refractivity contribution in [1.29, 1.82) is 0 Å². The molecule has 0 unspecified atom stereocenters. The van der Waals surface area contributed by atoms with Gasteiger partial charge < -0.3 is 0 Å². The summed E-state index contributed by atoms with van der Waals surface area (Å²) in [6.45, 7) is 0. The van der Waals surface area contributed by atoms with Crippen LogP contribution in [0.15, 0.2) is 12.2 Å². The van der Waals surface area contributed by atoms with Gasteiger partial charge in [0.15, 0.2) is 0 Å². The van der Waals surface area contributed by atoms with Crippen molar-refractivity contribution in [2.75, 3.05) is 0 Å². The van der Waals surface area contributed by atoms with Crippen LogP contribution in [0.25, 0.3) is 0 Å². The molecular weight excluding hydrogens is 144 g/mol. The van der Waals surface area contributed by atoms with Crippen LogP contribution in [-0.2, 0) is 0 Å². The largest absolute Gasteiger partial charge is 0.0802 e. The van der Waals surface area contributed by atoms with Gasteiger partial charge in [-0.05, 0) is 51.4 Å². The molecule has 10 radical (unpaired) electrons. The lowest BCUT2D eigenvalue weighted by atomic mass is 10.0. The molecule has 0 amide bonds. The summed E-state index contributed by atoms with van der Waals surface area (Å²) in [4.78, 5) is 0. The number of rotatable bonds is 2. The van der Waals surface area contributed by atoms with Crippen molar-refractivity contribution in [2.24, 2.45) is 0 Å². The Morgan fingerprint density at radius 1 is 0.583 bits per heavy atom. The van der Waals surface area contributed by atoms with Crippen molar-refractivity contribution in [1.82, 2.24) is 0 Å². The predicted octanol–water partition coefficient (Wildman–Crippen LogP) is 2.35. The van der Waals surface area contributed by atoms with Gasteiger partial charge in [-0.2, -0.15) is 0 Å². The summed E-state index contributed by atoms with van der Waals surface area (Å²) in [6, 6.07) is 0. The molecule has 0 aromatic rings. The van der Waals surface area contributed by atoms with E-state index in [0.717, 1.165) is 0 Å². The third kappa shape index (κ3) is 2.12. The van der Waals surface area contributed by atoms with Gasteiger partial charge in [0.25, 0.3) is 0 Å². The molecule has 0 aliphatic heterocycles. The monoisotopic (exact) mass is 154 g/mol. The Labute approximate surface area is 76.1 Å². The van der Waals surface area contributed by atoms with Crippen LogP contribution in [0.1, 0.15) is 0 Å². The molecule has 2 aliphatic rings. The SMILES string of the molecule is [CH]1[CH][CH][C](/C=C/[C]2[CH][CH][CH][CH]2)[CH]1. The molecule has 0 N–H and O–H groups in total. The molecular formula is C12H10. The maximum atomic E-state index is 2.12. The van der Waals surface area contributed by atoms with Crippen molar-refractivity contribution in [3.8, 4) is 0 Å². The van der Waals surface area contributed by atoms with Crippen LogP contribution < -0.4 is 0 Å². The summed E-state index contributed by atoms with van der Waals surface area (Å²) < 4.78 is 0. The maximum Gasteiger partial charge on any atom is 0.00469 e. The third-order valence-electron chi connectivity index (χ3n) is 1.85. The highest BCUT2D eigenvalue weighted by molar-refractivity contribution is 5.48. The zero-order valence-corrected chi connectivity index (χ0v) is 6.77. The van der Waals surface area contributed by atoms with Crippen LogP contribution in [0.4, 0.5) is 0 Å². The highest BCUT2D eigenvalue weighted by atomic mass is 14.2. The van der Waals surface area contributed by atoms with Crippen molar-refractivity contribution in [2.45, 2.75) is 0 Å². The summed E-state index contributed by atoms with van der Waals surface area (Å²) in [6.07, 6.45) is 20.8. The van der Waals surface area contributed by atoms with E-state index in [0.29, 0.717) is 0 Å². The second-order valence-electron chi connectivity index (χ2n) is 2.77. The van der Waals surface area contributed by atoms with E-state index in [-0.39, 0.29) is 0 Å². The Morgan fingerprint density at radius 3 is 1.25 bits per heavy atom. The quantitative estimate of drug-likeness (QED) is 0.572. The van der Waals surface area contributed by atoms with Crippen LogP contribution in [0.2, 0.25) is 0 Å². The van der Waals surface area contributed by atoms with E-state index in [4.69, 9.17) is 0 Å². The minimum Gasteiger partial charge on any atom is -0.0802 e. The Bertz CT molecular complexity index is 127. The molecule has 0 aromatic carbocycles. The van der Waals surface area contributed by atoms with E-state index >= 15 is 0 Å². The fraction of sp³-hybridized carbons (Fsp3) is 0. The molecule has 2 saturated carbocycles.